The molecule has 0 saturated heterocycles. The van der Waals surface area contributed by atoms with Gasteiger partial charge in [0, 0.05) is 0 Å². The van der Waals surface area contributed by atoms with E-state index in [4.69, 9.17) is 0 Å². The molecule has 0 bridgehead atoms. The van der Waals surface area contributed by atoms with Crippen LogP contribution in [0.3, 0.4) is 0 Å². The zero-order valence-corrected chi connectivity index (χ0v) is 30.8. The smallest absolute Gasteiger partial charge is 0.249 e. The summed E-state index contributed by atoms with van der Waals surface area (Å²) in [6, 6.07) is -1.01. The van der Waals surface area contributed by atoms with Crippen molar-refractivity contribution in [2.24, 2.45) is 0 Å². The van der Waals surface area contributed by atoms with Gasteiger partial charge in [-0.3, -0.25) is 4.79 Å². The van der Waals surface area contributed by atoms with Gasteiger partial charge in [0.15, 0.2) is 0 Å². The minimum absolute atomic E-state index is 0.352. The number of nitrogens with one attached hydrogen (secondary N) is 1. The van der Waals surface area contributed by atoms with Crippen LogP contribution < -0.4 is 5.32 Å². The molecule has 0 aromatic heterocycles. The number of rotatable bonds is 35. The Bertz CT molecular complexity index is 752. The van der Waals surface area contributed by atoms with Crippen LogP contribution in [-0.4, -0.2) is 57.3 Å². The first-order chi connectivity index (χ1) is 23.0. The Morgan fingerprint density at radius 1 is 0.532 bits per heavy atom. The minimum atomic E-state index is -1.29. The molecular weight excluding hydrogens is 586 g/mol. The minimum Gasteiger partial charge on any atom is -0.394 e. The first-order valence-corrected chi connectivity index (χ1v) is 19.9. The van der Waals surface area contributed by atoms with E-state index in [2.05, 4.69) is 55.6 Å². The maximum Gasteiger partial charge on any atom is 0.249 e. The van der Waals surface area contributed by atoms with Crippen LogP contribution in [0.4, 0.5) is 0 Å². The van der Waals surface area contributed by atoms with Gasteiger partial charge in [0.25, 0.3) is 0 Å². The number of amides is 1. The largest absolute Gasteiger partial charge is 0.394 e. The number of aliphatic hydroxyl groups excluding tert-OH is 4. The van der Waals surface area contributed by atoms with Crippen LogP contribution in [0, 0.1) is 0 Å². The van der Waals surface area contributed by atoms with Crippen molar-refractivity contribution in [3.05, 3.63) is 36.5 Å². The Hall–Kier alpha value is -1.47. The van der Waals surface area contributed by atoms with Crippen molar-refractivity contribution >= 4 is 5.91 Å². The molecule has 0 aromatic carbocycles. The molecule has 0 saturated carbocycles. The molecule has 4 atom stereocenters. The Balaban J connectivity index is 3.74. The van der Waals surface area contributed by atoms with Gasteiger partial charge in [0.05, 0.1) is 18.8 Å². The van der Waals surface area contributed by atoms with E-state index in [1.165, 1.54) is 96.3 Å². The van der Waals surface area contributed by atoms with Crippen LogP contribution in [-0.2, 0) is 4.79 Å². The predicted octanol–water partition coefficient (Wildman–Crippen LogP) is 9.79. The van der Waals surface area contributed by atoms with Gasteiger partial charge in [-0.15, -0.1) is 0 Å². The van der Waals surface area contributed by atoms with Crippen LogP contribution in [0.5, 0.6) is 0 Å². The highest BCUT2D eigenvalue weighted by Crippen LogP contribution is 2.14. The van der Waals surface area contributed by atoms with Crippen molar-refractivity contribution < 1.29 is 25.2 Å². The van der Waals surface area contributed by atoms with E-state index in [0.29, 0.717) is 19.3 Å². The molecule has 6 heteroatoms. The molecule has 0 heterocycles. The SMILES string of the molecule is CC/C=C/CC/C=C/CCCC(O)C(O)C(CO)NC(=O)C(O)CCCCCCCC/C=C\CCCCCCCCCCCCCC. The van der Waals surface area contributed by atoms with Gasteiger partial charge in [-0.25, -0.2) is 0 Å². The molecule has 0 rings (SSSR count). The van der Waals surface area contributed by atoms with E-state index in [-0.39, 0.29) is 0 Å². The molecule has 6 nitrogen and oxygen atoms in total. The fourth-order valence-corrected chi connectivity index (χ4v) is 5.89. The van der Waals surface area contributed by atoms with E-state index in [1.54, 1.807) is 0 Å². The molecule has 0 spiro atoms. The van der Waals surface area contributed by atoms with Crippen LogP contribution >= 0.6 is 0 Å². The first-order valence-electron chi connectivity index (χ1n) is 19.9. The van der Waals surface area contributed by atoms with Crippen molar-refractivity contribution in [2.45, 2.75) is 212 Å². The Morgan fingerprint density at radius 3 is 1.45 bits per heavy atom. The summed E-state index contributed by atoms with van der Waals surface area (Å²) in [6.07, 6.45) is 40.5. The van der Waals surface area contributed by atoms with Gasteiger partial charge in [-0.1, -0.05) is 153 Å². The molecule has 1 amide bonds. The number of allylic oxidation sites excluding steroid dienone is 6. The average molecular weight is 664 g/mol. The standard InChI is InChI=1S/C41H77NO5/c1-3-5-7-9-11-13-14-15-16-17-18-19-20-21-22-23-24-25-27-29-31-33-35-39(45)41(47)42-37(36-43)40(46)38(44)34-32-30-28-26-12-10-8-6-4-2/h6,8,21-22,26,28,37-40,43-46H,3-5,7,9-20,23-25,27,29-36H2,1-2H3,(H,42,47)/b8-6+,22-21-,28-26+. The lowest BCUT2D eigenvalue weighted by molar-refractivity contribution is -0.132. The van der Waals surface area contributed by atoms with Crippen LogP contribution in [0.25, 0.3) is 0 Å². The van der Waals surface area contributed by atoms with E-state index < -0.39 is 36.9 Å². The van der Waals surface area contributed by atoms with Crippen LogP contribution in [0.2, 0.25) is 0 Å². The number of aliphatic hydroxyl groups is 4. The molecule has 0 aromatic rings. The maximum absolute atomic E-state index is 12.4. The second-order valence-corrected chi connectivity index (χ2v) is 13.6. The van der Waals surface area contributed by atoms with Crippen molar-refractivity contribution in [1.29, 1.82) is 0 Å². The van der Waals surface area contributed by atoms with Crippen molar-refractivity contribution in [2.75, 3.05) is 6.61 Å². The highest BCUT2D eigenvalue weighted by atomic mass is 16.3. The molecule has 0 aliphatic carbocycles. The Kier molecular flexibility index (Phi) is 34.7. The van der Waals surface area contributed by atoms with Gasteiger partial charge < -0.3 is 25.7 Å². The van der Waals surface area contributed by atoms with E-state index in [1.807, 2.05) is 0 Å². The lowest BCUT2D eigenvalue weighted by Crippen LogP contribution is -2.53. The average Bonchev–Trinajstić information content (AvgIpc) is 3.07. The van der Waals surface area contributed by atoms with Gasteiger partial charge in [-0.2, -0.15) is 0 Å². The second kappa shape index (κ2) is 35.8. The molecule has 276 valence electrons. The molecule has 0 aliphatic heterocycles. The third-order valence-electron chi connectivity index (χ3n) is 9.06. The summed E-state index contributed by atoms with van der Waals surface area (Å²) >= 11 is 0. The quantitative estimate of drug-likeness (QED) is 0.0343. The van der Waals surface area contributed by atoms with Crippen molar-refractivity contribution in [3.8, 4) is 0 Å². The zero-order chi connectivity index (χ0) is 34.6. The number of carbonyl (C=O) groups excluding carboxylic acids is 1. The predicted molar refractivity (Wildman–Crippen MR) is 200 cm³/mol. The molecule has 47 heavy (non-hydrogen) atoms. The Morgan fingerprint density at radius 2 is 0.957 bits per heavy atom. The summed E-state index contributed by atoms with van der Waals surface area (Å²) in [5.41, 5.74) is 0. The van der Waals surface area contributed by atoms with Crippen molar-refractivity contribution in [1.82, 2.24) is 5.32 Å². The van der Waals surface area contributed by atoms with Crippen molar-refractivity contribution in [3.63, 3.8) is 0 Å². The number of carbonyl (C=O) groups is 1. The van der Waals surface area contributed by atoms with E-state index >= 15 is 0 Å². The van der Waals surface area contributed by atoms with Gasteiger partial charge >= 0.3 is 0 Å². The third kappa shape index (κ3) is 30.3. The molecule has 4 unspecified atom stereocenters. The topological polar surface area (TPSA) is 110 Å². The molecular formula is C41H77NO5. The molecule has 0 aliphatic rings. The molecule has 5 N–H and O–H groups in total. The summed E-state index contributed by atoms with van der Waals surface area (Å²) in [4.78, 5) is 12.4. The molecule has 0 fully saturated rings. The van der Waals surface area contributed by atoms with Crippen LogP contribution in [0.1, 0.15) is 187 Å². The molecule has 0 radical (unpaired) electrons. The fraction of sp³-hybridized carbons (Fsp3) is 0.829. The van der Waals surface area contributed by atoms with Crippen LogP contribution in [0.15, 0.2) is 36.5 Å². The van der Waals surface area contributed by atoms with E-state index in [0.717, 1.165) is 57.8 Å². The maximum atomic E-state index is 12.4. The number of hydrogen-bond donors (Lipinski definition) is 5. The number of hydrogen-bond acceptors (Lipinski definition) is 5. The lowest BCUT2D eigenvalue weighted by Gasteiger charge is -2.27. The lowest BCUT2D eigenvalue weighted by atomic mass is 10.00. The van der Waals surface area contributed by atoms with Gasteiger partial charge in [-0.05, 0) is 70.6 Å². The first kappa shape index (κ1) is 45.5. The summed E-state index contributed by atoms with van der Waals surface area (Å²) in [5.74, 6) is -0.606. The second-order valence-electron chi connectivity index (χ2n) is 13.6. The van der Waals surface area contributed by atoms with Gasteiger partial charge in [0.2, 0.25) is 5.91 Å². The summed E-state index contributed by atoms with van der Waals surface area (Å²) in [7, 11) is 0. The highest BCUT2D eigenvalue weighted by molar-refractivity contribution is 5.80. The zero-order valence-electron chi connectivity index (χ0n) is 30.8. The normalized spacial score (nSPS) is 14.8. The fourth-order valence-electron chi connectivity index (χ4n) is 5.89. The Labute approximate surface area is 290 Å². The third-order valence-corrected chi connectivity index (χ3v) is 9.06. The monoisotopic (exact) mass is 664 g/mol. The highest BCUT2D eigenvalue weighted by Gasteiger charge is 2.28. The summed E-state index contributed by atoms with van der Waals surface area (Å²) in [6.45, 7) is 3.89. The summed E-state index contributed by atoms with van der Waals surface area (Å²) in [5, 5.41) is 43.3. The van der Waals surface area contributed by atoms with E-state index in [9.17, 15) is 25.2 Å². The summed E-state index contributed by atoms with van der Waals surface area (Å²) < 4.78 is 0. The van der Waals surface area contributed by atoms with Gasteiger partial charge in [0.1, 0.15) is 12.2 Å². The number of unbranched alkanes of at least 4 members (excludes halogenated alkanes) is 20.